The SMILES string of the molecule is Cc1cccc2nc(CNc3cc4nc[nH]c(=O)c4cc3[N+](=O)[O-])cn12. The van der Waals surface area contributed by atoms with E-state index in [0.29, 0.717) is 12.1 Å². The number of aromatic amines is 1. The number of H-pyrrole nitrogens is 1. The van der Waals surface area contributed by atoms with Crippen molar-refractivity contribution in [3.8, 4) is 0 Å². The van der Waals surface area contributed by atoms with Gasteiger partial charge in [0.05, 0.1) is 34.4 Å². The Hall–Kier alpha value is -3.75. The highest BCUT2D eigenvalue weighted by Crippen LogP contribution is 2.28. The Labute approximate surface area is 146 Å². The molecule has 4 rings (SSSR count). The second kappa shape index (κ2) is 5.96. The monoisotopic (exact) mass is 350 g/mol. The maximum Gasteiger partial charge on any atom is 0.293 e. The van der Waals surface area contributed by atoms with Gasteiger partial charge in [-0.3, -0.25) is 14.9 Å². The van der Waals surface area contributed by atoms with Gasteiger partial charge in [-0.1, -0.05) is 6.07 Å². The van der Waals surface area contributed by atoms with E-state index in [0.717, 1.165) is 17.0 Å². The molecule has 0 aliphatic rings. The van der Waals surface area contributed by atoms with Crippen molar-refractivity contribution in [3.63, 3.8) is 0 Å². The van der Waals surface area contributed by atoms with Gasteiger partial charge in [-0.25, -0.2) is 9.97 Å². The molecule has 9 nitrogen and oxygen atoms in total. The summed E-state index contributed by atoms with van der Waals surface area (Å²) in [7, 11) is 0. The predicted octanol–water partition coefficient (Wildman–Crippen LogP) is 2.40. The Morgan fingerprint density at radius 3 is 2.96 bits per heavy atom. The van der Waals surface area contributed by atoms with Crippen LogP contribution in [-0.2, 0) is 6.54 Å². The minimum absolute atomic E-state index is 0.174. The molecule has 0 fully saturated rings. The van der Waals surface area contributed by atoms with Crippen molar-refractivity contribution in [3.05, 3.63) is 74.7 Å². The molecule has 0 amide bonds. The van der Waals surface area contributed by atoms with E-state index in [9.17, 15) is 14.9 Å². The zero-order valence-electron chi connectivity index (χ0n) is 13.8. The Kier molecular flexibility index (Phi) is 3.61. The van der Waals surface area contributed by atoms with E-state index < -0.39 is 10.5 Å². The number of hydrogen-bond donors (Lipinski definition) is 2. The summed E-state index contributed by atoms with van der Waals surface area (Å²) in [6.45, 7) is 2.28. The second-order valence-corrected chi connectivity index (χ2v) is 5.86. The van der Waals surface area contributed by atoms with Gasteiger partial charge in [0.1, 0.15) is 11.3 Å². The molecule has 9 heteroatoms. The second-order valence-electron chi connectivity index (χ2n) is 5.86. The third-order valence-electron chi connectivity index (χ3n) is 4.16. The molecule has 0 spiro atoms. The summed E-state index contributed by atoms with van der Waals surface area (Å²) in [6.07, 6.45) is 3.15. The molecule has 3 heterocycles. The number of nitrogens with one attached hydrogen (secondary N) is 2. The summed E-state index contributed by atoms with van der Waals surface area (Å²) < 4.78 is 1.95. The number of imidazole rings is 1. The number of anilines is 1. The lowest BCUT2D eigenvalue weighted by Crippen LogP contribution is -2.09. The number of fused-ring (bicyclic) bond motifs is 2. The molecular weight excluding hydrogens is 336 g/mol. The van der Waals surface area contributed by atoms with Crippen LogP contribution in [0.2, 0.25) is 0 Å². The summed E-state index contributed by atoms with van der Waals surface area (Å²) >= 11 is 0. The minimum Gasteiger partial charge on any atom is -0.374 e. The molecule has 0 aliphatic carbocycles. The van der Waals surface area contributed by atoms with Crippen molar-refractivity contribution < 1.29 is 4.92 Å². The molecule has 1 aromatic carbocycles. The van der Waals surface area contributed by atoms with E-state index >= 15 is 0 Å². The van der Waals surface area contributed by atoms with Crippen LogP contribution >= 0.6 is 0 Å². The number of nitro groups is 1. The molecule has 0 bridgehead atoms. The van der Waals surface area contributed by atoms with Crippen LogP contribution in [0.15, 0.2) is 47.7 Å². The fourth-order valence-corrected chi connectivity index (χ4v) is 2.87. The van der Waals surface area contributed by atoms with Crippen LogP contribution in [0.5, 0.6) is 0 Å². The molecule has 130 valence electrons. The lowest BCUT2D eigenvalue weighted by molar-refractivity contribution is -0.383. The number of nitrogens with zero attached hydrogens (tertiary/aromatic N) is 4. The lowest BCUT2D eigenvalue weighted by atomic mass is 10.2. The van der Waals surface area contributed by atoms with E-state index in [1.54, 1.807) is 0 Å². The third kappa shape index (κ3) is 2.65. The van der Waals surface area contributed by atoms with Crippen molar-refractivity contribution >= 4 is 27.9 Å². The highest BCUT2D eigenvalue weighted by molar-refractivity contribution is 5.86. The molecule has 0 radical (unpaired) electrons. The zero-order valence-corrected chi connectivity index (χ0v) is 13.8. The highest BCUT2D eigenvalue weighted by Gasteiger charge is 2.17. The first-order chi connectivity index (χ1) is 12.5. The third-order valence-corrected chi connectivity index (χ3v) is 4.16. The van der Waals surface area contributed by atoms with Crippen LogP contribution in [0.1, 0.15) is 11.4 Å². The van der Waals surface area contributed by atoms with E-state index in [4.69, 9.17) is 0 Å². The van der Waals surface area contributed by atoms with Gasteiger partial charge in [-0.2, -0.15) is 0 Å². The van der Waals surface area contributed by atoms with Crippen LogP contribution in [0, 0.1) is 17.0 Å². The lowest BCUT2D eigenvalue weighted by Gasteiger charge is -2.06. The van der Waals surface area contributed by atoms with Crippen LogP contribution in [0.4, 0.5) is 11.4 Å². The standard InChI is InChI=1S/C17H14N6O3/c1-10-3-2-4-16-21-11(8-22(10)16)7-18-14-6-13-12(5-15(14)23(25)26)17(24)20-9-19-13/h2-6,8-9,18H,7H2,1H3,(H,19,20,24). The fraction of sp³-hybridized carbons (Fsp3) is 0.118. The average molecular weight is 350 g/mol. The molecule has 2 N–H and O–H groups in total. The first kappa shape index (κ1) is 15.8. The Morgan fingerprint density at radius 2 is 2.19 bits per heavy atom. The molecule has 26 heavy (non-hydrogen) atoms. The molecule has 0 atom stereocenters. The largest absolute Gasteiger partial charge is 0.374 e. The summed E-state index contributed by atoms with van der Waals surface area (Å²) in [4.78, 5) is 33.7. The summed E-state index contributed by atoms with van der Waals surface area (Å²) in [5.41, 5.74) is 2.66. The number of pyridine rings is 1. The van der Waals surface area contributed by atoms with Gasteiger partial charge in [-0.15, -0.1) is 0 Å². The first-order valence-corrected chi connectivity index (χ1v) is 7.86. The molecule has 3 aromatic heterocycles. The molecule has 0 saturated carbocycles. The van der Waals surface area contributed by atoms with E-state index in [1.165, 1.54) is 18.5 Å². The molecule has 0 unspecified atom stereocenters. The van der Waals surface area contributed by atoms with Gasteiger partial charge < -0.3 is 14.7 Å². The van der Waals surface area contributed by atoms with Gasteiger partial charge in [0, 0.05) is 18.0 Å². The highest BCUT2D eigenvalue weighted by atomic mass is 16.6. The van der Waals surface area contributed by atoms with Crippen molar-refractivity contribution in [2.24, 2.45) is 0 Å². The number of aromatic nitrogens is 4. The maximum atomic E-state index is 11.8. The van der Waals surface area contributed by atoms with Crippen LogP contribution in [0.25, 0.3) is 16.6 Å². The Morgan fingerprint density at radius 1 is 1.35 bits per heavy atom. The van der Waals surface area contributed by atoms with Crippen molar-refractivity contribution in [1.29, 1.82) is 0 Å². The van der Waals surface area contributed by atoms with Crippen LogP contribution < -0.4 is 10.9 Å². The van der Waals surface area contributed by atoms with Crippen molar-refractivity contribution in [1.82, 2.24) is 19.4 Å². The van der Waals surface area contributed by atoms with E-state index in [1.807, 2.05) is 35.7 Å². The summed E-state index contributed by atoms with van der Waals surface area (Å²) in [5, 5.41) is 14.6. The topological polar surface area (TPSA) is 118 Å². The smallest absolute Gasteiger partial charge is 0.293 e. The molecule has 0 saturated heterocycles. The van der Waals surface area contributed by atoms with E-state index in [2.05, 4.69) is 20.3 Å². The Bertz CT molecular complexity index is 1210. The van der Waals surface area contributed by atoms with Gasteiger partial charge in [0.15, 0.2) is 0 Å². The molecule has 4 aromatic rings. The van der Waals surface area contributed by atoms with Gasteiger partial charge >= 0.3 is 0 Å². The number of hydrogen-bond acceptors (Lipinski definition) is 6. The quantitative estimate of drug-likeness (QED) is 0.431. The van der Waals surface area contributed by atoms with Gasteiger partial charge in [0.2, 0.25) is 0 Å². The van der Waals surface area contributed by atoms with Crippen LogP contribution in [0.3, 0.4) is 0 Å². The number of nitro benzene ring substituents is 1. The first-order valence-electron chi connectivity index (χ1n) is 7.86. The van der Waals surface area contributed by atoms with Gasteiger partial charge in [-0.05, 0) is 25.1 Å². The van der Waals surface area contributed by atoms with Crippen LogP contribution in [-0.4, -0.2) is 24.3 Å². The number of rotatable bonds is 4. The number of aryl methyl sites for hydroxylation is 1. The predicted molar refractivity (Wildman–Crippen MR) is 96.3 cm³/mol. The van der Waals surface area contributed by atoms with Crippen molar-refractivity contribution in [2.45, 2.75) is 13.5 Å². The Balaban J connectivity index is 1.71. The normalized spacial score (nSPS) is 11.1. The minimum atomic E-state index is -0.526. The zero-order chi connectivity index (χ0) is 18.3. The van der Waals surface area contributed by atoms with Gasteiger partial charge in [0.25, 0.3) is 11.2 Å². The summed E-state index contributed by atoms with van der Waals surface area (Å²) in [6, 6.07) is 8.53. The summed E-state index contributed by atoms with van der Waals surface area (Å²) in [5.74, 6) is 0. The maximum absolute atomic E-state index is 11.8. The number of benzene rings is 1. The fourth-order valence-electron chi connectivity index (χ4n) is 2.87. The van der Waals surface area contributed by atoms with Crippen molar-refractivity contribution in [2.75, 3.05) is 5.32 Å². The van der Waals surface area contributed by atoms with E-state index in [-0.39, 0.29) is 16.8 Å². The average Bonchev–Trinajstić information content (AvgIpc) is 3.04. The molecule has 0 aliphatic heterocycles. The molecular formula is C17H14N6O3.